The van der Waals surface area contributed by atoms with Crippen LogP contribution in [0, 0.1) is 0 Å². The van der Waals surface area contributed by atoms with Gasteiger partial charge in [-0.15, -0.1) is 24.5 Å². The van der Waals surface area contributed by atoms with Gasteiger partial charge in [-0.25, -0.2) is 4.98 Å². The number of hydrazone groups is 1. The average molecular weight is 379 g/mol. The van der Waals surface area contributed by atoms with Gasteiger partial charge in [-0.2, -0.15) is 5.10 Å². The van der Waals surface area contributed by atoms with Crippen molar-refractivity contribution in [2.75, 3.05) is 5.43 Å². The van der Waals surface area contributed by atoms with Crippen molar-refractivity contribution in [2.45, 2.75) is 6.36 Å². The van der Waals surface area contributed by atoms with Crippen molar-refractivity contribution in [3.05, 3.63) is 59.5 Å². The lowest BCUT2D eigenvalue weighted by molar-refractivity contribution is -0.274. The molecule has 0 aliphatic heterocycles. The van der Waals surface area contributed by atoms with Crippen molar-refractivity contribution >= 4 is 22.7 Å². The van der Waals surface area contributed by atoms with E-state index in [0.717, 1.165) is 23.4 Å². The number of nitrogens with one attached hydrogen (secondary N) is 1. The monoisotopic (exact) mass is 379 g/mol. The van der Waals surface area contributed by atoms with E-state index < -0.39 is 12.1 Å². The SMILES string of the molecule is Oc1cc(OC(F)(F)F)ccc1C=NNc1nc(-c2ccccc2)cs1. The Hall–Kier alpha value is -3.07. The molecule has 0 aliphatic rings. The molecule has 2 N–H and O–H groups in total. The number of ether oxygens (including phenoxy) is 1. The standard InChI is InChI=1S/C17H12F3N3O2S/c18-17(19,20)25-13-7-6-12(15(24)8-13)9-21-23-16-22-14(10-26-16)11-4-2-1-3-5-11/h1-10,24H,(H,22,23). The van der Waals surface area contributed by atoms with E-state index in [4.69, 9.17) is 0 Å². The molecule has 5 nitrogen and oxygen atoms in total. The van der Waals surface area contributed by atoms with Crippen LogP contribution in [0.1, 0.15) is 5.56 Å². The summed E-state index contributed by atoms with van der Waals surface area (Å²) in [7, 11) is 0. The van der Waals surface area contributed by atoms with Gasteiger partial charge in [0.15, 0.2) is 0 Å². The maximum atomic E-state index is 12.1. The van der Waals surface area contributed by atoms with Gasteiger partial charge >= 0.3 is 6.36 Å². The number of phenolic OH excluding ortho intramolecular Hbond substituents is 1. The van der Waals surface area contributed by atoms with Crippen LogP contribution in [0.15, 0.2) is 59.0 Å². The molecule has 9 heteroatoms. The molecule has 0 atom stereocenters. The normalized spacial score (nSPS) is 11.7. The highest BCUT2D eigenvalue weighted by Crippen LogP contribution is 2.28. The van der Waals surface area contributed by atoms with E-state index >= 15 is 0 Å². The lowest BCUT2D eigenvalue weighted by Gasteiger charge is -2.09. The van der Waals surface area contributed by atoms with Crippen molar-refractivity contribution in [1.82, 2.24) is 4.98 Å². The van der Waals surface area contributed by atoms with Gasteiger partial charge in [0.05, 0.1) is 11.9 Å². The van der Waals surface area contributed by atoms with Crippen LogP contribution in [0.3, 0.4) is 0 Å². The largest absolute Gasteiger partial charge is 0.573 e. The first-order chi connectivity index (χ1) is 12.4. The fraction of sp³-hybridized carbons (Fsp3) is 0.0588. The number of hydrogen-bond acceptors (Lipinski definition) is 6. The molecule has 0 amide bonds. The second-order valence-corrected chi connectivity index (χ2v) is 5.90. The van der Waals surface area contributed by atoms with Crippen LogP contribution in [0.4, 0.5) is 18.3 Å². The van der Waals surface area contributed by atoms with E-state index in [9.17, 15) is 18.3 Å². The van der Waals surface area contributed by atoms with E-state index in [2.05, 4.69) is 20.2 Å². The van der Waals surface area contributed by atoms with Gasteiger partial charge < -0.3 is 9.84 Å². The molecule has 3 rings (SSSR count). The number of anilines is 1. The summed E-state index contributed by atoms with van der Waals surface area (Å²) in [5.74, 6) is -0.894. The molecule has 26 heavy (non-hydrogen) atoms. The van der Waals surface area contributed by atoms with Gasteiger partial charge in [0.1, 0.15) is 11.5 Å². The van der Waals surface area contributed by atoms with Gasteiger partial charge in [0.25, 0.3) is 0 Å². The van der Waals surface area contributed by atoms with Crippen molar-refractivity contribution in [3.8, 4) is 22.8 Å². The van der Waals surface area contributed by atoms with E-state index in [1.165, 1.54) is 23.6 Å². The third-order valence-corrected chi connectivity index (χ3v) is 3.92. The van der Waals surface area contributed by atoms with Crippen LogP contribution in [0.25, 0.3) is 11.3 Å². The Kier molecular flexibility index (Phi) is 5.08. The first kappa shape index (κ1) is 17.7. The summed E-state index contributed by atoms with van der Waals surface area (Å²) in [5, 5.41) is 16.1. The molecule has 134 valence electrons. The lowest BCUT2D eigenvalue weighted by Crippen LogP contribution is -2.17. The van der Waals surface area contributed by atoms with Crippen molar-refractivity contribution < 1.29 is 23.0 Å². The average Bonchev–Trinajstić information content (AvgIpc) is 3.05. The first-order valence-electron chi connectivity index (χ1n) is 7.29. The highest BCUT2D eigenvalue weighted by Gasteiger charge is 2.31. The molecule has 2 aromatic carbocycles. The van der Waals surface area contributed by atoms with Gasteiger partial charge in [-0.3, -0.25) is 5.43 Å². The van der Waals surface area contributed by atoms with E-state index in [-0.39, 0.29) is 11.3 Å². The smallest absolute Gasteiger partial charge is 0.507 e. The number of aromatic nitrogens is 1. The second-order valence-electron chi connectivity index (χ2n) is 5.04. The van der Waals surface area contributed by atoms with Gasteiger partial charge in [-0.1, -0.05) is 30.3 Å². The fourth-order valence-electron chi connectivity index (χ4n) is 2.05. The number of aromatic hydroxyl groups is 1. The van der Waals surface area contributed by atoms with Crippen LogP contribution in [0.5, 0.6) is 11.5 Å². The van der Waals surface area contributed by atoms with Crippen molar-refractivity contribution in [3.63, 3.8) is 0 Å². The molecule has 0 spiro atoms. The van der Waals surface area contributed by atoms with Crippen LogP contribution in [-0.2, 0) is 0 Å². The molecular formula is C17H12F3N3O2S. The Morgan fingerprint density at radius 2 is 1.92 bits per heavy atom. The van der Waals surface area contributed by atoms with E-state index in [1.54, 1.807) is 0 Å². The van der Waals surface area contributed by atoms with Crippen molar-refractivity contribution in [2.24, 2.45) is 5.10 Å². The number of nitrogens with zero attached hydrogens (tertiary/aromatic N) is 2. The van der Waals surface area contributed by atoms with Crippen molar-refractivity contribution in [1.29, 1.82) is 0 Å². The Balaban J connectivity index is 1.65. The van der Waals surface area contributed by atoms with E-state index in [0.29, 0.717) is 5.13 Å². The first-order valence-corrected chi connectivity index (χ1v) is 8.17. The van der Waals surface area contributed by atoms with E-state index in [1.807, 2.05) is 35.7 Å². The summed E-state index contributed by atoms with van der Waals surface area (Å²) < 4.78 is 40.2. The highest BCUT2D eigenvalue weighted by atomic mass is 32.1. The van der Waals surface area contributed by atoms with Crippen LogP contribution >= 0.6 is 11.3 Å². The minimum absolute atomic E-state index is 0.229. The fourth-order valence-corrected chi connectivity index (χ4v) is 2.72. The zero-order valence-electron chi connectivity index (χ0n) is 13.1. The molecule has 1 aromatic heterocycles. The maximum Gasteiger partial charge on any atom is 0.573 e. The minimum Gasteiger partial charge on any atom is -0.507 e. The third kappa shape index (κ3) is 4.73. The molecule has 0 saturated heterocycles. The maximum absolute atomic E-state index is 12.1. The third-order valence-electron chi connectivity index (χ3n) is 3.17. The molecular weight excluding hydrogens is 367 g/mol. The molecule has 0 aliphatic carbocycles. The number of hydrogen-bond donors (Lipinski definition) is 2. The number of rotatable bonds is 5. The number of halogens is 3. The van der Waals surface area contributed by atoms with Crippen LogP contribution < -0.4 is 10.2 Å². The second kappa shape index (κ2) is 7.44. The summed E-state index contributed by atoms with van der Waals surface area (Å²) in [4.78, 5) is 4.37. The predicted octanol–water partition coefficient (Wildman–Crippen LogP) is 4.86. The summed E-state index contributed by atoms with van der Waals surface area (Å²) in [5.41, 5.74) is 4.71. The summed E-state index contributed by atoms with van der Waals surface area (Å²) >= 11 is 1.35. The molecule has 1 heterocycles. The van der Waals surface area contributed by atoms with Gasteiger partial charge in [0, 0.05) is 22.6 Å². The molecule has 0 radical (unpaired) electrons. The number of alkyl halides is 3. The quantitative estimate of drug-likeness (QED) is 0.491. The number of phenols is 1. The molecule has 0 saturated carbocycles. The summed E-state index contributed by atoms with van der Waals surface area (Å²) in [6.45, 7) is 0. The van der Waals surface area contributed by atoms with Crippen LogP contribution in [-0.4, -0.2) is 22.7 Å². The van der Waals surface area contributed by atoms with Gasteiger partial charge in [-0.05, 0) is 12.1 Å². The lowest BCUT2D eigenvalue weighted by atomic mass is 10.2. The zero-order chi connectivity index (χ0) is 18.6. The molecule has 0 bridgehead atoms. The molecule has 3 aromatic rings. The highest BCUT2D eigenvalue weighted by molar-refractivity contribution is 7.14. The topological polar surface area (TPSA) is 66.7 Å². The Labute approximate surface area is 150 Å². The van der Waals surface area contributed by atoms with Gasteiger partial charge in [0.2, 0.25) is 5.13 Å². The molecule has 0 unspecified atom stereocenters. The summed E-state index contributed by atoms with van der Waals surface area (Å²) in [6.07, 6.45) is -3.54. The Morgan fingerprint density at radius 3 is 2.62 bits per heavy atom. The van der Waals surface area contributed by atoms with Crippen LogP contribution in [0.2, 0.25) is 0 Å². The molecule has 0 fully saturated rings. The summed E-state index contributed by atoms with van der Waals surface area (Å²) in [6, 6.07) is 12.8. The zero-order valence-corrected chi connectivity index (χ0v) is 13.9. The Bertz CT molecular complexity index is 911. The predicted molar refractivity (Wildman–Crippen MR) is 93.6 cm³/mol. The minimum atomic E-state index is -4.81. The Morgan fingerprint density at radius 1 is 1.15 bits per heavy atom. The number of thiazole rings is 1. The number of benzene rings is 2.